The molecule has 1 heteroatoms. The molecule has 0 N–H and O–H groups in total. The summed E-state index contributed by atoms with van der Waals surface area (Å²) >= 11 is 0. The fraction of sp³-hybridized carbons (Fsp3) is 1.00. The monoisotopic (exact) mass is 185 g/mol. The predicted octanol–water partition coefficient (Wildman–Crippen LogP) is 3.54. The molecule has 0 saturated carbocycles. The Labute approximate surface area is 84.5 Å². The molecule has 0 aliphatic carbocycles. The van der Waals surface area contributed by atoms with E-state index in [1.165, 1.54) is 45.3 Å². The third kappa shape index (κ3) is 7.06. The van der Waals surface area contributed by atoms with Crippen LogP contribution >= 0.6 is 0 Å². The van der Waals surface area contributed by atoms with Crippen LogP contribution in [0.15, 0.2) is 0 Å². The Hall–Kier alpha value is -0.0400. The van der Waals surface area contributed by atoms with Gasteiger partial charge in [0.15, 0.2) is 0 Å². The van der Waals surface area contributed by atoms with Crippen LogP contribution < -0.4 is 0 Å². The van der Waals surface area contributed by atoms with Crippen LogP contribution in [-0.2, 0) is 0 Å². The smallest absolute Gasteiger partial charge is 0.00163 e. The lowest BCUT2D eigenvalue weighted by Crippen LogP contribution is -2.26. The normalized spacial score (nSPS) is 13.6. The van der Waals surface area contributed by atoms with Gasteiger partial charge in [-0.2, -0.15) is 0 Å². The van der Waals surface area contributed by atoms with Gasteiger partial charge in [0, 0.05) is 0 Å². The van der Waals surface area contributed by atoms with Crippen molar-refractivity contribution in [1.29, 1.82) is 0 Å². The minimum absolute atomic E-state index is 0.899. The second-order valence-corrected chi connectivity index (χ2v) is 4.09. The molecule has 0 saturated heterocycles. The predicted molar refractivity (Wildman–Crippen MR) is 61.1 cm³/mol. The van der Waals surface area contributed by atoms with Crippen molar-refractivity contribution in [2.24, 2.45) is 5.92 Å². The highest BCUT2D eigenvalue weighted by atomic mass is 15.1. The van der Waals surface area contributed by atoms with E-state index in [9.17, 15) is 0 Å². The summed E-state index contributed by atoms with van der Waals surface area (Å²) < 4.78 is 0. The van der Waals surface area contributed by atoms with Crippen LogP contribution in [0.5, 0.6) is 0 Å². The fourth-order valence-electron chi connectivity index (χ4n) is 1.42. The third-order valence-electron chi connectivity index (χ3n) is 2.91. The fourth-order valence-corrected chi connectivity index (χ4v) is 1.42. The molecule has 1 unspecified atom stereocenters. The largest absolute Gasteiger partial charge is 0.304 e. The minimum atomic E-state index is 0.899. The van der Waals surface area contributed by atoms with E-state index >= 15 is 0 Å². The zero-order chi connectivity index (χ0) is 10.1. The topological polar surface area (TPSA) is 3.24 Å². The Morgan fingerprint density at radius 3 is 2.23 bits per heavy atom. The Kier molecular flexibility index (Phi) is 8.53. The highest BCUT2D eigenvalue weighted by molar-refractivity contribution is 4.58. The first kappa shape index (κ1) is 13.0. The van der Waals surface area contributed by atoms with Crippen LogP contribution in [0.2, 0.25) is 0 Å². The summed E-state index contributed by atoms with van der Waals surface area (Å²) in [6.07, 6.45) is 5.37. The quantitative estimate of drug-likeness (QED) is 0.559. The van der Waals surface area contributed by atoms with E-state index < -0.39 is 0 Å². The maximum Gasteiger partial charge on any atom is -0.00163 e. The van der Waals surface area contributed by atoms with E-state index in [0.717, 1.165) is 5.92 Å². The van der Waals surface area contributed by atoms with Crippen LogP contribution in [-0.4, -0.2) is 24.5 Å². The Balaban J connectivity index is 3.46. The van der Waals surface area contributed by atoms with E-state index in [4.69, 9.17) is 0 Å². The van der Waals surface area contributed by atoms with Crippen molar-refractivity contribution in [3.8, 4) is 0 Å². The van der Waals surface area contributed by atoms with Gasteiger partial charge in [-0.3, -0.25) is 0 Å². The Morgan fingerprint density at radius 2 is 1.77 bits per heavy atom. The van der Waals surface area contributed by atoms with Gasteiger partial charge in [0.05, 0.1) is 0 Å². The number of unbranched alkanes of at least 4 members (excludes halogenated alkanes) is 1. The van der Waals surface area contributed by atoms with Crippen LogP contribution in [0, 0.1) is 5.92 Å². The summed E-state index contributed by atoms with van der Waals surface area (Å²) in [4.78, 5) is 2.58. The van der Waals surface area contributed by atoms with Crippen LogP contribution in [0.3, 0.4) is 0 Å². The highest BCUT2D eigenvalue weighted by Crippen LogP contribution is 2.07. The molecule has 0 aromatic carbocycles. The molecule has 0 aliphatic rings. The second-order valence-electron chi connectivity index (χ2n) is 4.09. The molecule has 80 valence electrons. The van der Waals surface area contributed by atoms with Gasteiger partial charge in [0.25, 0.3) is 0 Å². The molecule has 0 aromatic heterocycles. The molecule has 0 bridgehead atoms. The number of hydrogen-bond donors (Lipinski definition) is 0. The zero-order valence-electron chi connectivity index (χ0n) is 9.97. The van der Waals surface area contributed by atoms with E-state index in [0.29, 0.717) is 0 Å². The first-order valence-corrected chi connectivity index (χ1v) is 5.96. The summed E-state index contributed by atoms with van der Waals surface area (Å²) in [5.74, 6) is 0.899. The van der Waals surface area contributed by atoms with Crippen molar-refractivity contribution in [3.05, 3.63) is 0 Å². The van der Waals surface area contributed by atoms with Crippen LogP contribution in [0.25, 0.3) is 0 Å². The number of hydrogen-bond acceptors (Lipinski definition) is 1. The van der Waals surface area contributed by atoms with Crippen LogP contribution in [0.4, 0.5) is 0 Å². The molecule has 0 spiro atoms. The van der Waals surface area contributed by atoms with Crippen molar-refractivity contribution in [2.75, 3.05) is 19.6 Å². The average molecular weight is 185 g/mol. The molecular formula is C12H27N. The molecule has 0 amide bonds. The zero-order valence-corrected chi connectivity index (χ0v) is 9.97. The van der Waals surface area contributed by atoms with Gasteiger partial charge in [0.1, 0.15) is 0 Å². The Morgan fingerprint density at radius 1 is 1.08 bits per heavy atom. The van der Waals surface area contributed by atoms with Gasteiger partial charge in [0.2, 0.25) is 0 Å². The van der Waals surface area contributed by atoms with Crippen molar-refractivity contribution in [3.63, 3.8) is 0 Å². The summed E-state index contributed by atoms with van der Waals surface area (Å²) in [6.45, 7) is 13.0. The van der Waals surface area contributed by atoms with Crippen molar-refractivity contribution < 1.29 is 0 Å². The van der Waals surface area contributed by atoms with E-state index in [2.05, 4.69) is 32.6 Å². The summed E-state index contributed by atoms with van der Waals surface area (Å²) in [6, 6.07) is 0. The molecule has 0 aliphatic heterocycles. The number of nitrogens with zero attached hydrogens (tertiary/aromatic N) is 1. The molecule has 1 nitrogen and oxygen atoms in total. The molecule has 0 heterocycles. The van der Waals surface area contributed by atoms with E-state index in [1.54, 1.807) is 0 Å². The van der Waals surface area contributed by atoms with Gasteiger partial charge in [-0.05, 0) is 38.4 Å². The van der Waals surface area contributed by atoms with Crippen molar-refractivity contribution in [2.45, 2.75) is 53.4 Å². The lowest BCUT2D eigenvalue weighted by atomic mass is 10.1. The van der Waals surface area contributed by atoms with Gasteiger partial charge in [-0.1, -0.05) is 40.5 Å². The number of rotatable bonds is 8. The molecule has 0 rings (SSSR count). The van der Waals surface area contributed by atoms with Gasteiger partial charge >= 0.3 is 0 Å². The summed E-state index contributed by atoms with van der Waals surface area (Å²) in [5, 5.41) is 0. The van der Waals surface area contributed by atoms with Crippen molar-refractivity contribution in [1.82, 2.24) is 4.90 Å². The summed E-state index contributed by atoms with van der Waals surface area (Å²) in [5.41, 5.74) is 0. The van der Waals surface area contributed by atoms with Gasteiger partial charge in [-0.15, -0.1) is 0 Å². The van der Waals surface area contributed by atoms with E-state index in [1.807, 2.05) is 0 Å². The minimum Gasteiger partial charge on any atom is -0.304 e. The standard InChI is InChI=1S/C12H27N/c1-5-8-10-13(7-3)11-9-12(4)6-2/h12H,5-11H2,1-4H3. The third-order valence-corrected chi connectivity index (χ3v) is 2.91. The van der Waals surface area contributed by atoms with Crippen LogP contribution in [0.1, 0.15) is 53.4 Å². The first-order chi connectivity index (χ1) is 6.24. The second kappa shape index (κ2) is 8.55. The van der Waals surface area contributed by atoms with Crippen molar-refractivity contribution >= 4 is 0 Å². The van der Waals surface area contributed by atoms with E-state index in [-0.39, 0.29) is 0 Å². The Bertz CT molecular complexity index is 101. The molecule has 1 atom stereocenters. The molecule has 0 aromatic rings. The molecule has 0 radical (unpaired) electrons. The molecule has 13 heavy (non-hydrogen) atoms. The maximum atomic E-state index is 2.58. The lowest BCUT2D eigenvalue weighted by Gasteiger charge is -2.21. The lowest BCUT2D eigenvalue weighted by molar-refractivity contribution is 0.261. The summed E-state index contributed by atoms with van der Waals surface area (Å²) in [7, 11) is 0. The van der Waals surface area contributed by atoms with Gasteiger partial charge < -0.3 is 4.90 Å². The first-order valence-electron chi connectivity index (χ1n) is 5.96. The molecular weight excluding hydrogens is 158 g/mol. The average Bonchev–Trinajstić information content (AvgIpc) is 2.17. The molecule has 0 fully saturated rings. The SMILES string of the molecule is CCCCN(CC)CCC(C)CC. The van der Waals surface area contributed by atoms with Gasteiger partial charge in [-0.25, -0.2) is 0 Å². The maximum absolute atomic E-state index is 2.58. The highest BCUT2D eigenvalue weighted by Gasteiger charge is 2.04.